The van der Waals surface area contributed by atoms with Gasteiger partial charge in [-0.05, 0) is 334 Å². The van der Waals surface area contributed by atoms with E-state index in [2.05, 4.69) is 310 Å². The summed E-state index contributed by atoms with van der Waals surface area (Å²) in [7, 11) is 0. The van der Waals surface area contributed by atoms with Crippen molar-refractivity contribution in [3.63, 3.8) is 0 Å². The van der Waals surface area contributed by atoms with Crippen molar-refractivity contribution in [1.82, 2.24) is 0 Å². The summed E-state index contributed by atoms with van der Waals surface area (Å²) >= 11 is 1.84. The molecule has 3 spiro atoms. The van der Waals surface area contributed by atoms with Crippen LogP contribution in [0.5, 0.6) is 5.75 Å². The molecule has 5 saturated carbocycles. The Hall–Kier alpha value is -9.09. The van der Waals surface area contributed by atoms with Gasteiger partial charge >= 0.3 is 5.97 Å². The lowest BCUT2D eigenvalue weighted by molar-refractivity contribution is -0.159. The van der Waals surface area contributed by atoms with Crippen LogP contribution < -0.4 is 4.74 Å². The van der Waals surface area contributed by atoms with Crippen molar-refractivity contribution < 1.29 is 14.3 Å². The molecular formula is C119H134O3S. The Morgan fingerprint density at radius 3 is 1.15 bits per heavy atom. The predicted octanol–water partition coefficient (Wildman–Crippen LogP) is 34.0. The number of esters is 1. The van der Waals surface area contributed by atoms with Crippen LogP contribution in [-0.2, 0) is 25.8 Å². The molecule has 6 unspecified atom stereocenters. The van der Waals surface area contributed by atoms with Gasteiger partial charge in [-0.1, -0.05) is 331 Å². The monoisotopic (exact) mass is 1640 g/mol. The molecule has 19 rings (SSSR count). The lowest BCUT2D eigenvalue weighted by Crippen LogP contribution is -2.63. The summed E-state index contributed by atoms with van der Waals surface area (Å²) in [6.07, 6.45) is 26.7. The highest BCUT2D eigenvalue weighted by atomic mass is 32.1. The third-order valence-electron chi connectivity index (χ3n) is 34.1. The molecule has 8 aliphatic carbocycles. The Bertz CT molecular complexity index is 5820. The van der Waals surface area contributed by atoms with Gasteiger partial charge in [-0.2, -0.15) is 0 Å². The first-order valence-electron chi connectivity index (χ1n) is 48.2. The van der Waals surface area contributed by atoms with Gasteiger partial charge in [0.2, 0.25) is 6.29 Å². The summed E-state index contributed by atoms with van der Waals surface area (Å²) in [6, 6.07) is 87.1. The number of thiophene rings is 1. The minimum absolute atomic E-state index is 0.00843. The molecule has 5 fully saturated rings. The maximum atomic E-state index is 12.8. The fourth-order valence-corrected chi connectivity index (χ4v) is 30.8. The molecule has 0 amide bonds. The summed E-state index contributed by atoms with van der Waals surface area (Å²) in [5.74, 6) is 3.26. The van der Waals surface area contributed by atoms with E-state index in [4.69, 9.17) is 9.47 Å². The van der Waals surface area contributed by atoms with Crippen LogP contribution in [0.25, 0.3) is 110 Å². The molecule has 1 heterocycles. The maximum absolute atomic E-state index is 12.8. The van der Waals surface area contributed by atoms with E-state index in [9.17, 15) is 4.79 Å². The number of carbonyl (C=O) groups excluding carboxylic acids is 1. The van der Waals surface area contributed by atoms with Gasteiger partial charge in [0.25, 0.3) is 0 Å². The number of carbonyl (C=O) groups is 1. The number of rotatable bonds is 25. The number of hydrogen-bond acceptors (Lipinski definition) is 4. The van der Waals surface area contributed by atoms with Crippen molar-refractivity contribution in [1.29, 1.82) is 0 Å². The molecule has 0 aliphatic heterocycles. The number of benzene rings is 10. The van der Waals surface area contributed by atoms with Crippen LogP contribution in [0.2, 0.25) is 0 Å². The van der Waals surface area contributed by atoms with Gasteiger partial charge in [0.15, 0.2) is 0 Å². The normalized spacial score (nSPS) is 26.1. The molecule has 11 aromatic rings. The summed E-state index contributed by atoms with van der Waals surface area (Å²) in [6.45, 7) is 41.5. The van der Waals surface area contributed by atoms with Gasteiger partial charge in [0, 0.05) is 38.0 Å². The summed E-state index contributed by atoms with van der Waals surface area (Å²) in [4.78, 5) is 15.3. The second-order valence-corrected chi connectivity index (χ2v) is 43.6. The summed E-state index contributed by atoms with van der Waals surface area (Å²) in [5, 5.41) is 0. The highest BCUT2D eigenvalue weighted by Crippen LogP contribution is 2.81. The summed E-state index contributed by atoms with van der Waals surface area (Å²) in [5.41, 5.74) is 35.5. The SMILES string of the molecule is C=C(CC)C(=O)OC(CCCCCC)Oc1ccc(-c2ccc(-c3ccc4c(c3)C3(c5cc(-c6ccc(-c7ccc(-c8ccc(-c9ccc%10c(c9)C9(c%11cc(-c%12ccc%13c(c%12)C%12(c%14cc(C)ccc%14-%13)C%13(C)CC(CCC)CC%12(C)C(CCC)C%13)ccc%11-%10)C%10(C)CC(CCC)CC9(C)CC(CCC)C%10)cc8)cc7)cc6)ccc5-4)C(C)(C)CCC3(C)C)s2)cc1. The lowest BCUT2D eigenvalue weighted by Gasteiger charge is -2.68. The van der Waals surface area contributed by atoms with E-state index in [0.29, 0.717) is 30.1 Å². The van der Waals surface area contributed by atoms with Gasteiger partial charge < -0.3 is 9.47 Å². The average Bonchev–Trinajstić information content (AvgIpc) is 1.50. The zero-order valence-corrected chi connectivity index (χ0v) is 77.6. The van der Waals surface area contributed by atoms with Crippen LogP contribution >= 0.6 is 11.3 Å². The van der Waals surface area contributed by atoms with Gasteiger partial charge in [-0.25, -0.2) is 4.79 Å². The molecule has 4 bridgehead atoms. The van der Waals surface area contributed by atoms with Crippen molar-refractivity contribution in [2.75, 3.05) is 0 Å². The second kappa shape index (κ2) is 31.5. The van der Waals surface area contributed by atoms with E-state index >= 15 is 0 Å². The first kappa shape index (κ1) is 83.5. The van der Waals surface area contributed by atoms with Crippen molar-refractivity contribution in [2.45, 2.75) is 274 Å². The molecule has 123 heavy (non-hydrogen) atoms. The smallest absolute Gasteiger partial charge is 0.336 e. The molecule has 8 aliphatic rings. The lowest BCUT2D eigenvalue weighted by atomic mass is 9.35. The van der Waals surface area contributed by atoms with Crippen LogP contribution in [-0.4, -0.2) is 12.3 Å². The van der Waals surface area contributed by atoms with Gasteiger partial charge in [-0.3, -0.25) is 0 Å². The highest BCUT2D eigenvalue weighted by molar-refractivity contribution is 7.18. The van der Waals surface area contributed by atoms with E-state index in [-0.39, 0.29) is 54.7 Å². The van der Waals surface area contributed by atoms with Gasteiger partial charge in [0.05, 0.1) is 0 Å². The Balaban J connectivity index is 0.592. The zero-order valence-electron chi connectivity index (χ0n) is 76.8. The zero-order chi connectivity index (χ0) is 85.5. The molecule has 10 aromatic carbocycles. The van der Waals surface area contributed by atoms with Gasteiger partial charge in [-0.15, -0.1) is 11.3 Å². The summed E-state index contributed by atoms with van der Waals surface area (Å²) < 4.78 is 12.2. The Morgan fingerprint density at radius 2 is 0.715 bits per heavy atom. The van der Waals surface area contributed by atoms with E-state index in [1.54, 1.807) is 22.3 Å². The quantitative estimate of drug-likeness (QED) is 0.0248. The molecule has 3 nitrogen and oxygen atoms in total. The molecule has 634 valence electrons. The first-order valence-corrected chi connectivity index (χ1v) is 49.0. The van der Waals surface area contributed by atoms with Crippen LogP contribution in [0.15, 0.2) is 231 Å². The molecule has 0 N–H and O–H groups in total. The number of aryl methyl sites for hydroxylation is 1. The van der Waals surface area contributed by atoms with Gasteiger partial charge in [0.1, 0.15) is 5.75 Å². The fraction of sp³-hybridized carbons (Fsp3) is 0.437. The molecule has 4 heteroatoms. The molecule has 1 aromatic heterocycles. The minimum atomic E-state index is -0.654. The van der Waals surface area contributed by atoms with E-state index in [0.717, 1.165) is 61.8 Å². The third-order valence-corrected chi connectivity index (χ3v) is 35.3. The molecule has 6 atom stereocenters. The van der Waals surface area contributed by atoms with Crippen LogP contribution in [0.4, 0.5) is 0 Å². The Morgan fingerprint density at radius 1 is 0.366 bits per heavy atom. The van der Waals surface area contributed by atoms with Crippen molar-refractivity contribution in [3.05, 3.63) is 269 Å². The predicted molar refractivity (Wildman–Crippen MR) is 520 cm³/mol. The third kappa shape index (κ3) is 12.9. The van der Waals surface area contributed by atoms with Crippen LogP contribution in [0, 0.1) is 63.1 Å². The van der Waals surface area contributed by atoms with Crippen LogP contribution in [0.3, 0.4) is 0 Å². The van der Waals surface area contributed by atoms with Crippen molar-refractivity contribution >= 4 is 17.3 Å². The van der Waals surface area contributed by atoms with E-state index in [1.807, 2.05) is 30.4 Å². The minimum Gasteiger partial charge on any atom is -0.455 e. The van der Waals surface area contributed by atoms with Crippen molar-refractivity contribution in [2.24, 2.45) is 56.2 Å². The Kier molecular flexibility index (Phi) is 21.4. The number of unbranched alkanes of at least 4 members (excludes halogenated alkanes) is 3. The maximum Gasteiger partial charge on any atom is 0.336 e. The van der Waals surface area contributed by atoms with Crippen molar-refractivity contribution in [3.8, 4) is 116 Å². The van der Waals surface area contributed by atoms with E-state index in [1.165, 1.54) is 217 Å². The standard InChI is InChI=1S/C119H134O3S/c1-17-23-24-25-30-109(122-110(120)77(8)22-6)121-94-51-44-87(45-52-94)107-59-60-108(123-107)92-50-58-97-96-54-46-88(64-102(96)117(103(97)68-92)111(9,10)61-62-112(117,11)12)85-40-36-83(37-41-85)81-32-34-82(35-33-81)84-38-42-86(43-39-84)89-47-55-98-99-56-48-90(66-105(99)118(104(98)65-89)113(13)69-78(26-18-2)70-114(118,14)72-79(71-113)27-19-3)91-49-57-100-95-53-31-76(7)63-101(95)119(106(100)67-91)115(15)73-80(28-20-4)74-116(119,16)93(75-115)29-21-5/h31-60,63-68,78-80,93,109H,8,17-30,61-62,69-75H2,1-7,9-16H3. The second-order valence-electron chi connectivity index (χ2n) is 42.5. The topological polar surface area (TPSA) is 35.5 Å². The fourth-order valence-electron chi connectivity index (χ4n) is 29.8. The Labute approximate surface area is 741 Å². The molecule has 0 saturated heterocycles. The average molecular weight is 1640 g/mol. The number of fused-ring (bicyclic) bond motifs is 11. The van der Waals surface area contributed by atoms with Crippen LogP contribution in [0.1, 0.15) is 284 Å². The van der Waals surface area contributed by atoms with E-state index < -0.39 is 6.29 Å². The number of hydrogen-bond donors (Lipinski definition) is 0. The first-order chi connectivity index (χ1) is 59.2. The molecular weight excluding hydrogens is 1510 g/mol. The largest absolute Gasteiger partial charge is 0.455 e. The number of ether oxygens (including phenoxy) is 2. The molecule has 0 radical (unpaired) electrons. The highest BCUT2D eigenvalue weighted by Gasteiger charge is 2.74.